The molecule has 0 N–H and O–H groups in total. The largest absolute Gasteiger partial charge is 0.295 e. The number of carbonyl (C=O) groups excluding carboxylic acids is 1. The van der Waals surface area contributed by atoms with Crippen molar-refractivity contribution < 1.29 is 4.79 Å². The second-order valence-corrected chi connectivity index (χ2v) is 9.42. The van der Waals surface area contributed by atoms with Crippen LogP contribution in [0.1, 0.15) is 84.6 Å². The van der Waals surface area contributed by atoms with Crippen LogP contribution in [0.3, 0.4) is 0 Å². The SMILES string of the molecule is CC(=O)/C(C)=C/C=C(\C)Cc1cc(C(C)(C)C)c(C(C)(C)C)cc1C. The summed E-state index contributed by atoms with van der Waals surface area (Å²) >= 11 is 0. The molecule has 0 fully saturated rings. The van der Waals surface area contributed by atoms with Crippen molar-refractivity contribution in [2.24, 2.45) is 0 Å². The number of aryl methyl sites for hydroxylation is 1. The Kier molecular flexibility index (Phi) is 6.61. The van der Waals surface area contributed by atoms with Gasteiger partial charge in [-0.3, -0.25) is 4.79 Å². The zero-order chi connectivity index (χ0) is 19.6. The third-order valence-electron chi connectivity index (χ3n) is 4.73. The Morgan fingerprint density at radius 1 is 0.880 bits per heavy atom. The summed E-state index contributed by atoms with van der Waals surface area (Å²) in [7, 11) is 0. The first-order valence-electron chi connectivity index (χ1n) is 9.23. The smallest absolute Gasteiger partial charge is 0.155 e. The first-order chi connectivity index (χ1) is 11.2. The average Bonchev–Trinajstić information content (AvgIpc) is 2.44. The van der Waals surface area contributed by atoms with Gasteiger partial charge in [0.2, 0.25) is 0 Å². The number of benzene rings is 1. The molecule has 1 rings (SSSR count). The normalized spacial score (nSPS) is 14.0. The molecule has 1 heteroatoms. The summed E-state index contributed by atoms with van der Waals surface area (Å²) < 4.78 is 0. The molecule has 0 saturated carbocycles. The van der Waals surface area contributed by atoms with Crippen LogP contribution in [0.15, 0.2) is 35.4 Å². The van der Waals surface area contributed by atoms with E-state index in [-0.39, 0.29) is 16.6 Å². The van der Waals surface area contributed by atoms with Crippen molar-refractivity contribution in [2.75, 3.05) is 0 Å². The lowest BCUT2D eigenvalue weighted by atomic mass is 9.73. The molecule has 0 amide bonds. The van der Waals surface area contributed by atoms with Crippen molar-refractivity contribution in [1.82, 2.24) is 0 Å². The Labute approximate surface area is 155 Å². The third kappa shape index (κ3) is 5.99. The Morgan fingerprint density at radius 3 is 1.80 bits per heavy atom. The highest BCUT2D eigenvalue weighted by Gasteiger charge is 2.26. The van der Waals surface area contributed by atoms with E-state index in [9.17, 15) is 4.79 Å². The molecule has 138 valence electrons. The van der Waals surface area contributed by atoms with E-state index in [4.69, 9.17) is 0 Å². The second-order valence-electron chi connectivity index (χ2n) is 9.42. The van der Waals surface area contributed by atoms with Gasteiger partial charge in [0, 0.05) is 0 Å². The minimum absolute atomic E-state index is 0.119. The first-order valence-corrected chi connectivity index (χ1v) is 9.23. The number of allylic oxidation sites excluding steroid dienone is 4. The van der Waals surface area contributed by atoms with Gasteiger partial charge in [0.1, 0.15) is 0 Å². The van der Waals surface area contributed by atoms with Crippen LogP contribution in [-0.2, 0) is 22.0 Å². The lowest BCUT2D eigenvalue weighted by Gasteiger charge is -2.31. The van der Waals surface area contributed by atoms with E-state index in [1.54, 1.807) is 6.92 Å². The van der Waals surface area contributed by atoms with Gasteiger partial charge < -0.3 is 0 Å². The minimum atomic E-state index is 0.119. The number of hydrogen-bond donors (Lipinski definition) is 0. The zero-order valence-electron chi connectivity index (χ0n) is 17.9. The van der Waals surface area contributed by atoms with Gasteiger partial charge in [0.05, 0.1) is 0 Å². The van der Waals surface area contributed by atoms with Gasteiger partial charge in [-0.1, -0.05) is 71.4 Å². The molecule has 1 aromatic rings. The van der Waals surface area contributed by atoms with Gasteiger partial charge in [0.15, 0.2) is 5.78 Å². The van der Waals surface area contributed by atoms with E-state index in [1.165, 1.54) is 27.8 Å². The fourth-order valence-electron chi connectivity index (χ4n) is 2.93. The molecule has 0 unspecified atom stereocenters. The molecule has 1 aromatic carbocycles. The van der Waals surface area contributed by atoms with E-state index < -0.39 is 0 Å². The maximum Gasteiger partial charge on any atom is 0.155 e. The van der Waals surface area contributed by atoms with E-state index in [2.05, 4.69) is 73.6 Å². The quantitative estimate of drug-likeness (QED) is 0.445. The summed E-state index contributed by atoms with van der Waals surface area (Å²) in [5, 5.41) is 0. The van der Waals surface area contributed by atoms with Crippen LogP contribution < -0.4 is 0 Å². The van der Waals surface area contributed by atoms with E-state index in [0.717, 1.165) is 12.0 Å². The summed E-state index contributed by atoms with van der Waals surface area (Å²) in [6.07, 6.45) is 4.92. The summed E-state index contributed by atoms with van der Waals surface area (Å²) in [5.74, 6) is 0.129. The molecule has 25 heavy (non-hydrogen) atoms. The van der Waals surface area contributed by atoms with E-state index in [1.807, 2.05) is 13.0 Å². The molecule has 0 atom stereocenters. The number of ketones is 1. The maximum atomic E-state index is 11.4. The molecule has 0 heterocycles. The lowest BCUT2D eigenvalue weighted by molar-refractivity contribution is -0.113. The minimum Gasteiger partial charge on any atom is -0.295 e. The molecule has 0 radical (unpaired) electrons. The van der Waals surface area contributed by atoms with Crippen molar-refractivity contribution in [3.63, 3.8) is 0 Å². The summed E-state index contributed by atoms with van der Waals surface area (Å²) in [4.78, 5) is 11.4. The van der Waals surface area contributed by atoms with Gasteiger partial charge >= 0.3 is 0 Å². The molecule has 0 spiro atoms. The molecular formula is C24H36O. The monoisotopic (exact) mass is 340 g/mol. The molecule has 0 aliphatic carbocycles. The Hall–Kier alpha value is -1.63. The van der Waals surface area contributed by atoms with Crippen LogP contribution >= 0.6 is 0 Å². The lowest BCUT2D eigenvalue weighted by Crippen LogP contribution is -2.22. The third-order valence-corrected chi connectivity index (χ3v) is 4.73. The first kappa shape index (κ1) is 21.4. The van der Waals surface area contributed by atoms with Crippen molar-refractivity contribution >= 4 is 5.78 Å². The van der Waals surface area contributed by atoms with Crippen LogP contribution in [-0.4, -0.2) is 5.78 Å². The predicted molar refractivity (Wildman–Crippen MR) is 110 cm³/mol. The molecule has 1 nitrogen and oxygen atoms in total. The Balaban J connectivity index is 3.33. The number of Topliss-reactive ketones (excluding diaryl/α,β-unsaturated/α-hetero) is 1. The topological polar surface area (TPSA) is 17.1 Å². The van der Waals surface area contributed by atoms with Crippen LogP contribution in [0, 0.1) is 6.92 Å². The van der Waals surface area contributed by atoms with Crippen LogP contribution in [0.5, 0.6) is 0 Å². The average molecular weight is 341 g/mol. The molecule has 0 aliphatic heterocycles. The van der Waals surface area contributed by atoms with Crippen molar-refractivity contribution in [2.45, 2.75) is 86.5 Å². The van der Waals surface area contributed by atoms with Crippen molar-refractivity contribution in [1.29, 1.82) is 0 Å². The molecule has 0 aliphatic rings. The van der Waals surface area contributed by atoms with Gasteiger partial charge in [-0.15, -0.1) is 0 Å². The van der Waals surface area contributed by atoms with Crippen LogP contribution in [0.4, 0.5) is 0 Å². The second kappa shape index (κ2) is 7.72. The molecule has 0 bridgehead atoms. The highest BCUT2D eigenvalue weighted by Crippen LogP contribution is 2.36. The van der Waals surface area contributed by atoms with Crippen molar-refractivity contribution in [3.8, 4) is 0 Å². The fourth-order valence-corrected chi connectivity index (χ4v) is 2.93. The Bertz CT molecular complexity index is 701. The number of hydrogen-bond acceptors (Lipinski definition) is 1. The number of carbonyl (C=O) groups is 1. The zero-order valence-corrected chi connectivity index (χ0v) is 17.9. The van der Waals surface area contributed by atoms with Gasteiger partial charge in [0.25, 0.3) is 0 Å². The van der Waals surface area contributed by atoms with E-state index >= 15 is 0 Å². The summed E-state index contributed by atoms with van der Waals surface area (Å²) in [5.41, 5.74) is 7.92. The highest BCUT2D eigenvalue weighted by molar-refractivity contribution is 5.92. The Morgan fingerprint density at radius 2 is 1.36 bits per heavy atom. The van der Waals surface area contributed by atoms with Gasteiger partial charge in [-0.25, -0.2) is 0 Å². The number of rotatable bonds is 4. The molecular weight excluding hydrogens is 304 g/mol. The molecule has 0 saturated heterocycles. The summed E-state index contributed by atoms with van der Waals surface area (Å²) in [6.45, 7) is 21.6. The van der Waals surface area contributed by atoms with E-state index in [0.29, 0.717) is 0 Å². The standard InChI is InChI=1S/C24H36O/c1-16(11-12-17(2)19(4)25)13-20-15-22(24(8,9)10)21(14-18(20)3)23(5,6)7/h11-12,14-15H,13H2,1-10H3/b16-11+,17-12+. The fraction of sp³-hybridized carbons (Fsp3) is 0.542. The maximum absolute atomic E-state index is 11.4. The predicted octanol–water partition coefficient (Wildman–Crippen LogP) is 6.61. The van der Waals surface area contributed by atoms with Crippen LogP contribution in [0.2, 0.25) is 0 Å². The van der Waals surface area contributed by atoms with Crippen LogP contribution in [0.25, 0.3) is 0 Å². The van der Waals surface area contributed by atoms with Gasteiger partial charge in [-0.2, -0.15) is 0 Å². The van der Waals surface area contributed by atoms with Crippen molar-refractivity contribution in [3.05, 3.63) is 57.7 Å². The molecule has 0 aromatic heterocycles. The summed E-state index contributed by atoms with van der Waals surface area (Å²) in [6, 6.07) is 4.77. The highest BCUT2D eigenvalue weighted by atomic mass is 16.1. The van der Waals surface area contributed by atoms with Gasteiger partial charge in [-0.05, 0) is 72.8 Å².